The Labute approximate surface area is 141 Å². The van der Waals surface area contributed by atoms with Gasteiger partial charge in [0, 0.05) is 18.2 Å². The normalized spacial score (nSPS) is 17.7. The Morgan fingerprint density at radius 3 is 2.13 bits per heavy atom. The maximum absolute atomic E-state index is 12.0. The Kier molecular flexibility index (Phi) is 5.78. The lowest BCUT2D eigenvalue weighted by Crippen LogP contribution is -2.15. The van der Waals surface area contributed by atoms with Crippen molar-refractivity contribution in [2.45, 2.75) is 85.6 Å². The SMILES string of the molecule is CC(=O)C(C)c1c(C)c(C)c(C)c(C)c1/C=N/C1CCCCC1. The van der Waals surface area contributed by atoms with Gasteiger partial charge in [0.1, 0.15) is 5.78 Å². The molecule has 0 N–H and O–H groups in total. The first-order valence-corrected chi connectivity index (χ1v) is 8.98. The molecule has 2 rings (SSSR count). The van der Waals surface area contributed by atoms with E-state index in [1.54, 1.807) is 6.92 Å². The fraction of sp³-hybridized carbons (Fsp3) is 0.619. The van der Waals surface area contributed by atoms with Crippen molar-refractivity contribution in [3.63, 3.8) is 0 Å². The second-order valence-corrected chi connectivity index (χ2v) is 7.23. The quantitative estimate of drug-likeness (QED) is 0.688. The molecule has 2 nitrogen and oxygen atoms in total. The summed E-state index contributed by atoms with van der Waals surface area (Å²) in [5.74, 6) is 0.156. The van der Waals surface area contributed by atoms with E-state index in [9.17, 15) is 4.79 Å². The molecule has 1 atom stereocenters. The van der Waals surface area contributed by atoms with Crippen LogP contribution in [0.5, 0.6) is 0 Å². The van der Waals surface area contributed by atoms with E-state index in [0.29, 0.717) is 6.04 Å². The predicted octanol–water partition coefficient (Wildman–Crippen LogP) is 5.36. The topological polar surface area (TPSA) is 29.4 Å². The first kappa shape index (κ1) is 17.9. The first-order valence-electron chi connectivity index (χ1n) is 8.98. The average Bonchev–Trinajstić information content (AvgIpc) is 2.55. The van der Waals surface area contributed by atoms with Crippen molar-refractivity contribution in [1.82, 2.24) is 0 Å². The molecule has 1 saturated carbocycles. The summed E-state index contributed by atoms with van der Waals surface area (Å²) in [5, 5.41) is 0. The summed E-state index contributed by atoms with van der Waals surface area (Å²) in [6, 6.07) is 0.463. The van der Waals surface area contributed by atoms with Gasteiger partial charge in [-0.2, -0.15) is 0 Å². The van der Waals surface area contributed by atoms with E-state index in [1.807, 2.05) is 6.92 Å². The number of rotatable bonds is 4. The minimum Gasteiger partial charge on any atom is -0.299 e. The van der Waals surface area contributed by atoms with Gasteiger partial charge in [-0.05, 0) is 80.8 Å². The summed E-state index contributed by atoms with van der Waals surface area (Å²) in [7, 11) is 0. The zero-order valence-corrected chi connectivity index (χ0v) is 15.6. The fourth-order valence-electron chi connectivity index (χ4n) is 3.71. The largest absolute Gasteiger partial charge is 0.299 e. The third-order valence-corrected chi connectivity index (χ3v) is 5.82. The Balaban J connectivity index is 2.51. The molecule has 1 fully saturated rings. The summed E-state index contributed by atoms with van der Waals surface area (Å²) in [4.78, 5) is 16.9. The third kappa shape index (κ3) is 3.73. The molecule has 1 aromatic carbocycles. The van der Waals surface area contributed by atoms with Crippen molar-refractivity contribution in [1.29, 1.82) is 0 Å². The molecule has 1 aliphatic rings. The number of hydrogen-bond donors (Lipinski definition) is 0. The molecule has 2 heteroatoms. The molecular weight excluding hydrogens is 282 g/mol. The van der Waals surface area contributed by atoms with Gasteiger partial charge in [0.05, 0.1) is 0 Å². The smallest absolute Gasteiger partial charge is 0.137 e. The van der Waals surface area contributed by atoms with E-state index < -0.39 is 0 Å². The molecule has 126 valence electrons. The molecule has 1 aliphatic carbocycles. The van der Waals surface area contributed by atoms with Gasteiger partial charge in [-0.15, -0.1) is 0 Å². The first-order chi connectivity index (χ1) is 10.8. The number of carbonyl (C=O) groups excluding carboxylic acids is 1. The van der Waals surface area contributed by atoms with Crippen LogP contribution in [0.4, 0.5) is 0 Å². The van der Waals surface area contributed by atoms with Gasteiger partial charge in [0.15, 0.2) is 0 Å². The van der Waals surface area contributed by atoms with Crippen molar-refractivity contribution in [3.8, 4) is 0 Å². The number of nitrogens with zero attached hydrogens (tertiary/aromatic N) is 1. The Morgan fingerprint density at radius 1 is 1.00 bits per heavy atom. The Hall–Kier alpha value is -1.44. The van der Waals surface area contributed by atoms with E-state index in [0.717, 1.165) is 0 Å². The molecular formula is C21H31NO. The lowest BCUT2D eigenvalue weighted by atomic mass is 9.82. The van der Waals surface area contributed by atoms with E-state index in [2.05, 4.69) is 33.9 Å². The highest BCUT2D eigenvalue weighted by atomic mass is 16.1. The van der Waals surface area contributed by atoms with Crippen LogP contribution >= 0.6 is 0 Å². The van der Waals surface area contributed by atoms with Crippen molar-refractivity contribution in [3.05, 3.63) is 33.4 Å². The van der Waals surface area contributed by atoms with Crippen LogP contribution in [0.1, 0.15) is 85.3 Å². The van der Waals surface area contributed by atoms with E-state index >= 15 is 0 Å². The molecule has 1 unspecified atom stereocenters. The van der Waals surface area contributed by atoms with Crippen LogP contribution in [-0.4, -0.2) is 18.0 Å². The molecule has 0 saturated heterocycles. The highest BCUT2D eigenvalue weighted by Gasteiger charge is 2.21. The molecule has 23 heavy (non-hydrogen) atoms. The van der Waals surface area contributed by atoms with E-state index in [4.69, 9.17) is 4.99 Å². The van der Waals surface area contributed by atoms with Crippen molar-refractivity contribution >= 4 is 12.0 Å². The minimum atomic E-state index is -0.0687. The summed E-state index contributed by atoms with van der Waals surface area (Å²) >= 11 is 0. The highest BCUT2D eigenvalue weighted by molar-refractivity contribution is 5.91. The van der Waals surface area contributed by atoms with Crippen LogP contribution < -0.4 is 0 Å². The van der Waals surface area contributed by atoms with Gasteiger partial charge < -0.3 is 0 Å². The number of ketones is 1. The average molecular weight is 313 g/mol. The summed E-state index contributed by atoms with van der Waals surface area (Å²) in [5.41, 5.74) is 7.51. The fourth-order valence-corrected chi connectivity index (χ4v) is 3.71. The van der Waals surface area contributed by atoms with E-state index in [1.165, 1.54) is 65.5 Å². The maximum atomic E-state index is 12.0. The van der Waals surface area contributed by atoms with Gasteiger partial charge in [-0.3, -0.25) is 9.79 Å². The standard InChI is InChI=1S/C21H31NO/c1-13-14(2)16(4)21(17(5)18(6)23)20(15(13)3)12-22-19-10-8-7-9-11-19/h12,17,19H,7-11H2,1-6H3/b22-12+. The van der Waals surface area contributed by atoms with Crippen LogP contribution in [-0.2, 0) is 4.79 Å². The monoisotopic (exact) mass is 313 g/mol. The molecule has 1 aromatic rings. The molecule has 0 aromatic heterocycles. The van der Waals surface area contributed by atoms with Gasteiger partial charge >= 0.3 is 0 Å². The van der Waals surface area contributed by atoms with Crippen LogP contribution in [0.3, 0.4) is 0 Å². The molecule has 0 bridgehead atoms. The lowest BCUT2D eigenvalue weighted by Gasteiger charge is -2.23. The van der Waals surface area contributed by atoms with Gasteiger partial charge in [0.2, 0.25) is 0 Å². The van der Waals surface area contributed by atoms with E-state index in [-0.39, 0.29) is 11.7 Å². The Morgan fingerprint density at radius 2 is 1.57 bits per heavy atom. The third-order valence-electron chi connectivity index (χ3n) is 5.82. The minimum absolute atomic E-state index is 0.0687. The number of benzene rings is 1. The zero-order chi connectivity index (χ0) is 17.1. The molecule has 0 aliphatic heterocycles. The van der Waals surface area contributed by atoms with Gasteiger partial charge in [-0.25, -0.2) is 0 Å². The molecule has 0 heterocycles. The lowest BCUT2D eigenvalue weighted by molar-refractivity contribution is -0.118. The van der Waals surface area contributed by atoms with Crippen LogP contribution in [0.2, 0.25) is 0 Å². The van der Waals surface area contributed by atoms with Crippen molar-refractivity contribution < 1.29 is 4.79 Å². The second-order valence-electron chi connectivity index (χ2n) is 7.23. The number of carbonyl (C=O) groups is 1. The number of Topliss-reactive ketones (excluding diaryl/α,β-unsaturated/α-hetero) is 1. The van der Waals surface area contributed by atoms with Gasteiger partial charge in [-0.1, -0.05) is 26.2 Å². The molecule has 0 radical (unpaired) electrons. The van der Waals surface area contributed by atoms with Gasteiger partial charge in [0.25, 0.3) is 0 Å². The number of hydrogen-bond acceptors (Lipinski definition) is 2. The van der Waals surface area contributed by atoms with Crippen molar-refractivity contribution in [2.75, 3.05) is 0 Å². The zero-order valence-electron chi connectivity index (χ0n) is 15.6. The van der Waals surface area contributed by atoms with Crippen LogP contribution in [0.25, 0.3) is 0 Å². The second kappa shape index (κ2) is 7.42. The van der Waals surface area contributed by atoms with Crippen molar-refractivity contribution in [2.24, 2.45) is 4.99 Å². The summed E-state index contributed by atoms with van der Waals surface area (Å²) in [6.45, 7) is 12.4. The number of aliphatic imine (C=N–C) groups is 1. The summed E-state index contributed by atoms with van der Waals surface area (Å²) < 4.78 is 0. The Bertz CT molecular complexity index is 621. The summed E-state index contributed by atoms with van der Waals surface area (Å²) in [6.07, 6.45) is 8.42. The molecule has 0 spiro atoms. The predicted molar refractivity (Wildman–Crippen MR) is 99.0 cm³/mol. The molecule has 0 amide bonds. The maximum Gasteiger partial charge on any atom is 0.137 e. The van der Waals surface area contributed by atoms with Crippen LogP contribution in [0, 0.1) is 27.7 Å². The highest BCUT2D eigenvalue weighted by Crippen LogP contribution is 2.32. The van der Waals surface area contributed by atoms with Crippen LogP contribution in [0.15, 0.2) is 4.99 Å².